The van der Waals surface area contributed by atoms with E-state index in [2.05, 4.69) is 15.6 Å². The molecular weight excluding hydrogens is 254 g/mol. The van der Waals surface area contributed by atoms with Gasteiger partial charge in [-0.15, -0.1) is 11.3 Å². The van der Waals surface area contributed by atoms with Crippen LogP contribution >= 0.6 is 11.3 Å². The second-order valence-electron chi connectivity index (χ2n) is 3.91. The molecule has 1 aliphatic rings. The maximum absolute atomic E-state index is 11.6. The number of nitrogens with zero attached hydrogens (tertiary/aromatic N) is 1. The van der Waals surface area contributed by atoms with E-state index in [0.717, 1.165) is 25.2 Å². The van der Waals surface area contributed by atoms with Gasteiger partial charge in [-0.25, -0.2) is 4.98 Å². The van der Waals surface area contributed by atoms with E-state index in [1.54, 1.807) is 7.11 Å². The molecule has 0 radical (unpaired) electrons. The van der Waals surface area contributed by atoms with Gasteiger partial charge in [0, 0.05) is 31.5 Å². The first-order valence-corrected chi connectivity index (χ1v) is 6.67. The molecule has 0 saturated heterocycles. The first kappa shape index (κ1) is 13.4. The fourth-order valence-corrected chi connectivity index (χ4v) is 2.64. The van der Waals surface area contributed by atoms with E-state index in [1.165, 1.54) is 16.2 Å². The van der Waals surface area contributed by atoms with Gasteiger partial charge in [0.1, 0.15) is 6.61 Å². The number of carbonyl (C=O) groups excluding carboxylic acids is 1. The number of ether oxygens (including phenoxy) is 2. The summed E-state index contributed by atoms with van der Waals surface area (Å²) >= 11 is 1.52. The molecule has 0 aromatic carbocycles. The van der Waals surface area contributed by atoms with Gasteiger partial charge in [0.25, 0.3) is 5.91 Å². The summed E-state index contributed by atoms with van der Waals surface area (Å²) < 4.78 is 9.96. The molecule has 0 fully saturated rings. The zero-order valence-electron chi connectivity index (χ0n) is 10.3. The Labute approximate surface area is 110 Å². The van der Waals surface area contributed by atoms with Crippen molar-refractivity contribution < 1.29 is 14.3 Å². The lowest BCUT2D eigenvalue weighted by molar-refractivity contribution is -0.121. The number of rotatable bonds is 6. The fourth-order valence-electron chi connectivity index (χ4n) is 1.64. The molecule has 1 aromatic heterocycles. The van der Waals surface area contributed by atoms with Gasteiger partial charge in [-0.05, 0) is 0 Å². The number of hydrogen-bond donors (Lipinski definition) is 2. The Kier molecular flexibility index (Phi) is 5.06. The topological polar surface area (TPSA) is 72.5 Å². The van der Waals surface area contributed by atoms with Gasteiger partial charge in [-0.3, -0.25) is 10.1 Å². The lowest BCUT2D eigenvalue weighted by Gasteiger charge is -2.09. The molecule has 0 atom stereocenters. The summed E-state index contributed by atoms with van der Waals surface area (Å²) in [7, 11) is 1.59. The van der Waals surface area contributed by atoms with Crippen molar-refractivity contribution in [2.75, 3.05) is 38.8 Å². The van der Waals surface area contributed by atoms with Crippen LogP contribution in [0.15, 0.2) is 0 Å². The van der Waals surface area contributed by atoms with Gasteiger partial charge in [0.05, 0.1) is 18.9 Å². The number of thiazole rings is 1. The lowest BCUT2D eigenvalue weighted by Crippen LogP contribution is -2.22. The summed E-state index contributed by atoms with van der Waals surface area (Å²) in [5.74, 6) is -0.176. The molecule has 1 amide bonds. The first-order chi connectivity index (χ1) is 8.79. The zero-order chi connectivity index (χ0) is 12.8. The largest absolute Gasteiger partial charge is 0.382 e. The van der Waals surface area contributed by atoms with Crippen molar-refractivity contribution >= 4 is 22.4 Å². The molecule has 6 nitrogen and oxygen atoms in total. The third-order valence-corrected chi connectivity index (χ3v) is 3.53. The van der Waals surface area contributed by atoms with Crippen LogP contribution in [-0.2, 0) is 27.2 Å². The summed E-state index contributed by atoms with van der Waals surface area (Å²) in [5, 5.41) is 6.68. The van der Waals surface area contributed by atoms with Crippen molar-refractivity contribution in [2.24, 2.45) is 0 Å². The van der Waals surface area contributed by atoms with Crippen molar-refractivity contribution in [1.29, 1.82) is 0 Å². The normalized spacial score (nSPS) is 14.3. The van der Waals surface area contributed by atoms with E-state index in [1.807, 2.05) is 0 Å². The maximum atomic E-state index is 11.6. The third kappa shape index (κ3) is 3.74. The van der Waals surface area contributed by atoms with Crippen LogP contribution in [-0.4, -0.2) is 44.4 Å². The van der Waals surface area contributed by atoms with E-state index >= 15 is 0 Å². The van der Waals surface area contributed by atoms with Crippen LogP contribution in [0.2, 0.25) is 0 Å². The van der Waals surface area contributed by atoms with E-state index in [-0.39, 0.29) is 12.5 Å². The maximum Gasteiger partial charge on any atom is 0.252 e. The van der Waals surface area contributed by atoms with Crippen LogP contribution in [0.4, 0.5) is 5.13 Å². The van der Waals surface area contributed by atoms with Crippen LogP contribution < -0.4 is 10.6 Å². The van der Waals surface area contributed by atoms with Gasteiger partial charge in [-0.2, -0.15) is 0 Å². The summed E-state index contributed by atoms with van der Waals surface area (Å²) in [6, 6.07) is 0. The second-order valence-corrected chi connectivity index (χ2v) is 4.99. The Morgan fingerprint density at radius 1 is 1.56 bits per heavy atom. The predicted octanol–water partition coefficient (Wildman–Crippen LogP) is 0.390. The molecule has 2 N–H and O–H groups in total. The Balaban J connectivity index is 1.78. The lowest BCUT2D eigenvalue weighted by atomic mass is 10.2. The van der Waals surface area contributed by atoms with Crippen molar-refractivity contribution in [3.63, 3.8) is 0 Å². The van der Waals surface area contributed by atoms with Crippen LogP contribution in [0.1, 0.15) is 10.6 Å². The SMILES string of the molecule is COCCOCC(=O)Nc1nc2c(s1)CNCC2. The average molecular weight is 271 g/mol. The molecular formula is C11H17N3O3S. The van der Waals surface area contributed by atoms with Gasteiger partial charge < -0.3 is 14.8 Å². The number of anilines is 1. The van der Waals surface area contributed by atoms with Crippen molar-refractivity contribution in [3.05, 3.63) is 10.6 Å². The number of hydrogen-bond acceptors (Lipinski definition) is 6. The number of nitrogens with one attached hydrogen (secondary N) is 2. The quantitative estimate of drug-likeness (QED) is 0.732. The van der Waals surface area contributed by atoms with Gasteiger partial charge in [-0.1, -0.05) is 0 Å². The second kappa shape index (κ2) is 6.79. The molecule has 0 bridgehead atoms. The van der Waals surface area contributed by atoms with Gasteiger partial charge >= 0.3 is 0 Å². The van der Waals surface area contributed by atoms with Crippen LogP contribution in [0, 0.1) is 0 Å². The highest BCUT2D eigenvalue weighted by Gasteiger charge is 2.15. The smallest absolute Gasteiger partial charge is 0.252 e. The van der Waals surface area contributed by atoms with E-state index in [4.69, 9.17) is 9.47 Å². The summed E-state index contributed by atoms with van der Waals surface area (Å²) in [6.07, 6.45) is 0.923. The molecule has 0 unspecified atom stereocenters. The number of fused-ring (bicyclic) bond motifs is 1. The first-order valence-electron chi connectivity index (χ1n) is 5.85. The molecule has 2 heterocycles. The minimum atomic E-state index is -0.176. The van der Waals surface area contributed by atoms with E-state index in [9.17, 15) is 4.79 Å². The molecule has 18 heavy (non-hydrogen) atoms. The molecule has 2 rings (SSSR count). The summed E-state index contributed by atoms with van der Waals surface area (Å²) in [6.45, 7) is 2.73. The molecule has 0 saturated carbocycles. The minimum Gasteiger partial charge on any atom is -0.382 e. The molecule has 0 spiro atoms. The Morgan fingerprint density at radius 2 is 2.44 bits per heavy atom. The van der Waals surface area contributed by atoms with Crippen LogP contribution in [0.3, 0.4) is 0 Å². The Hall–Kier alpha value is -1.02. The van der Waals surface area contributed by atoms with Gasteiger partial charge in [0.2, 0.25) is 0 Å². The molecule has 1 aromatic rings. The predicted molar refractivity (Wildman–Crippen MR) is 68.8 cm³/mol. The van der Waals surface area contributed by atoms with Crippen molar-refractivity contribution in [2.45, 2.75) is 13.0 Å². The summed E-state index contributed by atoms with van der Waals surface area (Å²) in [4.78, 5) is 17.2. The minimum absolute atomic E-state index is 0.0336. The molecule has 1 aliphatic heterocycles. The highest BCUT2D eigenvalue weighted by atomic mass is 32.1. The van der Waals surface area contributed by atoms with Crippen molar-refractivity contribution in [3.8, 4) is 0 Å². The molecule has 0 aliphatic carbocycles. The number of aromatic nitrogens is 1. The average Bonchev–Trinajstić information content (AvgIpc) is 2.76. The standard InChI is InChI=1S/C11H17N3O3S/c1-16-4-5-17-7-10(15)14-11-13-8-2-3-12-6-9(8)18-11/h12H,2-7H2,1H3,(H,13,14,15). The third-order valence-electron chi connectivity index (χ3n) is 2.51. The van der Waals surface area contributed by atoms with E-state index < -0.39 is 0 Å². The zero-order valence-corrected chi connectivity index (χ0v) is 11.1. The molecule has 100 valence electrons. The highest BCUT2D eigenvalue weighted by Crippen LogP contribution is 2.25. The number of carbonyl (C=O) groups is 1. The summed E-state index contributed by atoms with van der Waals surface area (Å²) in [5.41, 5.74) is 1.09. The molecule has 7 heteroatoms. The van der Waals surface area contributed by atoms with Crippen LogP contribution in [0.25, 0.3) is 0 Å². The monoisotopic (exact) mass is 271 g/mol. The van der Waals surface area contributed by atoms with Crippen molar-refractivity contribution in [1.82, 2.24) is 10.3 Å². The number of amides is 1. The Morgan fingerprint density at radius 3 is 3.22 bits per heavy atom. The van der Waals surface area contributed by atoms with E-state index in [0.29, 0.717) is 18.3 Å². The van der Waals surface area contributed by atoms with Gasteiger partial charge in [0.15, 0.2) is 5.13 Å². The van der Waals surface area contributed by atoms with Crippen LogP contribution in [0.5, 0.6) is 0 Å². The fraction of sp³-hybridized carbons (Fsp3) is 0.636. The Bertz CT molecular complexity index is 385. The number of methoxy groups -OCH3 is 1. The highest BCUT2D eigenvalue weighted by molar-refractivity contribution is 7.15.